The van der Waals surface area contributed by atoms with E-state index in [0.29, 0.717) is 11.1 Å². The third kappa shape index (κ3) is 3.74. The van der Waals surface area contributed by atoms with Crippen LogP contribution in [0.5, 0.6) is 5.75 Å². The highest BCUT2D eigenvalue weighted by atomic mass is 16.3. The lowest BCUT2D eigenvalue weighted by Crippen LogP contribution is -2.56. The lowest BCUT2D eigenvalue weighted by Gasteiger charge is -2.41. The molecular formula is C19H22N2O3. The Hall–Kier alpha value is -2.82. The van der Waals surface area contributed by atoms with Gasteiger partial charge in [-0.05, 0) is 57.2 Å². The Morgan fingerprint density at radius 3 is 1.83 bits per heavy atom. The van der Waals surface area contributed by atoms with Gasteiger partial charge in [0, 0.05) is 18.2 Å². The summed E-state index contributed by atoms with van der Waals surface area (Å²) in [7, 11) is 1.58. The van der Waals surface area contributed by atoms with Gasteiger partial charge < -0.3 is 5.11 Å². The van der Waals surface area contributed by atoms with Crippen molar-refractivity contribution in [1.82, 2.24) is 10.0 Å². The molecule has 0 unspecified atom stereocenters. The molecule has 0 aliphatic heterocycles. The first-order valence-corrected chi connectivity index (χ1v) is 7.68. The van der Waals surface area contributed by atoms with E-state index in [9.17, 15) is 14.7 Å². The first-order valence-electron chi connectivity index (χ1n) is 7.68. The number of rotatable bonds is 2. The summed E-state index contributed by atoms with van der Waals surface area (Å²) in [6.07, 6.45) is 0. The van der Waals surface area contributed by atoms with Crippen molar-refractivity contribution in [3.8, 4) is 5.75 Å². The van der Waals surface area contributed by atoms with Crippen LogP contribution in [-0.4, -0.2) is 39.5 Å². The number of benzene rings is 2. The first-order chi connectivity index (χ1) is 11.2. The number of carbonyl (C=O) groups is 2. The third-order valence-electron chi connectivity index (χ3n) is 3.56. The van der Waals surface area contributed by atoms with Gasteiger partial charge in [-0.25, -0.2) is 10.0 Å². The van der Waals surface area contributed by atoms with Crippen LogP contribution in [0.2, 0.25) is 0 Å². The lowest BCUT2D eigenvalue weighted by molar-refractivity contribution is -0.0308. The molecular weight excluding hydrogens is 304 g/mol. The van der Waals surface area contributed by atoms with E-state index in [2.05, 4.69) is 0 Å². The van der Waals surface area contributed by atoms with E-state index < -0.39 is 5.54 Å². The Balaban J connectivity index is 2.36. The largest absolute Gasteiger partial charge is 0.508 e. The number of aromatic hydroxyl groups is 1. The maximum atomic E-state index is 12.9. The second-order valence-electron chi connectivity index (χ2n) is 6.53. The van der Waals surface area contributed by atoms with Crippen molar-refractivity contribution in [2.24, 2.45) is 0 Å². The highest BCUT2D eigenvalue weighted by molar-refractivity contribution is 5.99. The molecule has 2 rings (SSSR count). The van der Waals surface area contributed by atoms with Crippen LogP contribution in [0.3, 0.4) is 0 Å². The van der Waals surface area contributed by atoms with Gasteiger partial charge in [-0.2, -0.15) is 0 Å². The zero-order valence-corrected chi connectivity index (χ0v) is 14.4. The first kappa shape index (κ1) is 17.5. The molecule has 0 atom stereocenters. The molecule has 5 heteroatoms. The molecule has 0 heterocycles. The van der Waals surface area contributed by atoms with Crippen LogP contribution in [0.4, 0.5) is 0 Å². The summed E-state index contributed by atoms with van der Waals surface area (Å²) >= 11 is 0. The SMILES string of the molecule is CN(C(=O)c1ccccc1)N(C(=O)c1ccc(O)cc1)C(C)(C)C. The molecule has 0 fully saturated rings. The van der Waals surface area contributed by atoms with Gasteiger partial charge in [0.25, 0.3) is 11.8 Å². The number of hydrogen-bond acceptors (Lipinski definition) is 3. The molecule has 0 aliphatic carbocycles. The summed E-state index contributed by atoms with van der Waals surface area (Å²) in [5.74, 6) is -0.491. The maximum Gasteiger partial charge on any atom is 0.272 e. The third-order valence-corrected chi connectivity index (χ3v) is 3.56. The van der Waals surface area contributed by atoms with Gasteiger partial charge in [-0.15, -0.1) is 0 Å². The van der Waals surface area contributed by atoms with Crippen LogP contribution >= 0.6 is 0 Å². The number of carbonyl (C=O) groups excluding carboxylic acids is 2. The Bertz CT molecular complexity index is 719. The van der Waals surface area contributed by atoms with Crippen molar-refractivity contribution in [1.29, 1.82) is 0 Å². The standard InChI is InChI=1S/C19H22N2O3/c1-19(2,3)21(18(24)15-10-12-16(22)13-11-15)20(4)17(23)14-8-6-5-7-9-14/h5-13,22H,1-4H3. The van der Waals surface area contributed by atoms with Crippen molar-refractivity contribution >= 4 is 11.8 Å². The Kier molecular flexibility index (Phi) is 4.93. The fraction of sp³-hybridized carbons (Fsp3) is 0.263. The monoisotopic (exact) mass is 326 g/mol. The minimum absolute atomic E-state index is 0.0857. The van der Waals surface area contributed by atoms with E-state index in [-0.39, 0.29) is 17.6 Å². The van der Waals surface area contributed by atoms with E-state index in [0.717, 1.165) is 0 Å². The topological polar surface area (TPSA) is 60.9 Å². The van der Waals surface area contributed by atoms with Crippen molar-refractivity contribution < 1.29 is 14.7 Å². The van der Waals surface area contributed by atoms with Gasteiger partial charge in [0.05, 0.1) is 5.54 Å². The quantitative estimate of drug-likeness (QED) is 0.861. The van der Waals surface area contributed by atoms with Crippen molar-refractivity contribution in [2.75, 3.05) is 7.05 Å². The van der Waals surface area contributed by atoms with Crippen LogP contribution in [0.1, 0.15) is 41.5 Å². The zero-order chi connectivity index (χ0) is 17.9. The molecule has 5 nitrogen and oxygen atoms in total. The van der Waals surface area contributed by atoms with E-state index in [1.807, 2.05) is 26.8 Å². The predicted octanol–water partition coefficient (Wildman–Crippen LogP) is 3.32. The molecule has 2 aromatic rings. The fourth-order valence-electron chi connectivity index (χ4n) is 2.48. The smallest absolute Gasteiger partial charge is 0.272 e. The highest BCUT2D eigenvalue weighted by Crippen LogP contribution is 2.22. The molecule has 0 aromatic heterocycles. The normalized spacial score (nSPS) is 11.0. The fourth-order valence-corrected chi connectivity index (χ4v) is 2.48. The van der Waals surface area contributed by atoms with Crippen molar-refractivity contribution in [2.45, 2.75) is 26.3 Å². The van der Waals surface area contributed by atoms with E-state index in [1.54, 1.807) is 31.3 Å². The number of phenolic OH excluding ortho intramolecular Hbond substituents is 1. The summed E-state index contributed by atoms with van der Waals surface area (Å²) in [5, 5.41) is 12.2. The van der Waals surface area contributed by atoms with Crippen molar-refractivity contribution in [3.05, 3.63) is 65.7 Å². The molecule has 0 radical (unpaired) electrons. The number of hydrazine groups is 1. The summed E-state index contributed by atoms with van der Waals surface area (Å²) in [6.45, 7) is 5.58. The molecule has 1 N–H and O–H groups in total. The molecule has 0 saturated heterocycles. The second-order valence-corrected chi connectivity index (χ2v) is 6.53. The molecule has 0 aliphatic rings. The summed E-state index contributed by atoms with van der Waals surface area (Å²) in [6, 6.07) is 14.8. The summed E-state index contributed by atoms with van der Waals surface area (Å²) < 4.78 is 0. The lowest BCUT2D eigenvalue weighted by atomic mass is 10.1. The zero-order valence-electron chi connectivity index (χ0n) is 14.4. The number of nitrogens with zero attached hydrogens (tertiary/aromatic N) is 2. The minimum atomic E-state index is -0.603. The van der Waals surface area contributed by atoms with E-state index >= 15 is 0 Å². The maximum absolute atomic E-state index is 12.9. The Morgan fingerprint density at radius 1 is 0.833 bits per heavy atom. The molecule has 2 aromatic carbocycles. The van der Waals surface area contributed by atoms with Crippen LogP contribution in [0, 0.1) is 0 Å². The van der Waals surface area contributed by atoms with Gasteiger partial charge >= 0.3 is 0 Å². The van der Waals surface area contributed by atoms with Gasteiger partial charge in [0.2, 0.25) is 0 Å². The minimum Gasteiger partial charge on any atom is -0.508 e. The van der Waals surface area contributed by atoms with Crippen molar-refractivity contribution in [3.63, 3.8) is 0 Å². The summed E-state index contributed by atoms with van der Waals surface area (Å²) in [5.41, 5.74) is 0.303. The average molecular weight is 326 g/mol. The molecule has 126 valence electrons. The van der Waals surface area contributed by atoms with Gasteiger partial charge in [0.15, 0.2) is 0 Å². The van der Waals surface area contributed by atoms with Crippen LogP contribution in [-0.2, 0) is 0 Å². The number of phenols is 1. The van der Waals surface area contributed by atoms with Gasteiger partial charge in [-0.3, -0.25) is 9.59 Å². The van der Waals surface area contributed by atoms with E-state index in [1.165, 1.54) is 34.3 Å². The highest BCUT2D eigenvalue weighted by Gasteiger charge is 2.33. The van der Waals surface area contributed by atoms with Crippen LogP contribution in [0.25, 0.3) is 0 Å². The van der Waals surface area contributed by atoms with Crippen LogP contribution in [0.15, 0.2) is 54.6 Å². The molecule has 0 saturated carbocycles. The number of hydrogen-bond donors (Lipinski definition) is 1. The van der Waals surface area contributed by atoms with Crippen LogP contribution < -0.4 is 0 Å². The average Bonchev–Trinajstić information content (AvgIpc) is 2.54. The summed E-state index contributed by atoms with van der Waals surface area (Å²) in [4.78, 5) is 25.6. The molecule has 0 bridgehead atoms. The van der Waals surface area contributed by atoms with Gasteiger partial charge in [0.1, 0.15) is 5.75 Å². The molecule has 24 heavy (non-hydrogen) atoms. The van der Waals surface area contributed by atoms with E-state index in [4.69, 9.17) is 0 Å². The van der Waals surface area contributed by atoms with Gasteiger partial charge in [-0.1, -0.05) is 18.2 Å². The molecule has 2 amide bonds. The number of amides is 2. The Morgan fingerprint density at radius 2 is 1.33 bits per heavy atom. The second kappa shape index (κ2) is 6.74. The predicted molar refractivity (Wildman–Crippen MR) is 92.6 cm³/mol. The molecule has 0 spiro atoms. The Labute approximate surface area is 142 Å².